The number of benzene rings is 3. The van der Waals surface area contributed by atoms with Crippen molar-refractivity contribution in [3.05, 3.63) is 113 Å². The van der Waals surface area contributed by atoms with Crippen molar-refractivity contribution in [3.63, 3.8) is 0 Å². The maximum absolute atomic E-state index is 12.9. The Hall–Kier alpha value is -3.66. The van der Waals surface area contributed by atoms with E-state index < -0.39 is 17.7 Å². The molecule has 4 nitrogen and oxygen atoms in total. The molecule has 0 aromatic heterocycles. The number of amides is 1. The van der Waals surface area contributed by atoms with Crippen molar-refractivity contribution in [2.45, 2.75) is 12.6 Å². The van der Waals surface area contributed by atoms with E-state index in [1.807, 2.05) is 66.7 Å². The Bertz CT molecular complexity index is 1030. The highest BCUT2D eigenvalue weighted by Crippen LogP contribution is 2.40. The van der Waals surface area contributed by atoms with E-state index in [-0.39, 0.29) is 17.9 Å². The molecular weight excluding hydrogens is 350 g/mol. The maximum atomic E-state index is 12.9. The van der Waals surface area contributed by atoms with Gasteiger partial charge in [0, 0.05) is 12.1 Å². The molecule has 138 valence electrons. The summed E-state index contributed by atoms with van der Waals surface area (Å²) < 4.78 is 0. The van der Waals surface area contributed by atoms with E-state index in [9.17, 15) is 14.7 Å². The SMILES string of the molecule is O=C1C(=O)N(Cc2ccccc2)[C@@H](c2ccccc2)/C1=C(\O)c1ccccc1. The summed E-state index contributed by atoms with van der Waals surface area (Å²) in [5.41, 5.74) is 2.35. The molecular formula is C24H19NO3. The van der Waals surface area contributed by atoms with Gasteiger partial charge in [0.2, 0.25) is 0 Å². The monoisotopic (exact) mass is 369 g/mol. The van der Waals surface area contributed by atoms with E-state index in [1.165, 1.54) is 4.90 Å². The van der Waals surface area contributed by atoms with Gasteiger partial charge in [-0.3, -0.25) is 9.59 Å². The highest BCUT2D eigenvalue weighted by molar-refractivity contribution is 6.46. The lowest BCUT2D eigenvalue weighted by atomic mass is 9.95. The molecule has 1 aliphatic heterocycles. The van der Waals surface area contributed by atoms with Crippen molar-refractivity contribution in [1.82, 2.24) is 4.90 Å². The highest BCUT2D eigenvalue weighted by atomic mass is 16.3. The Morgan fingerprint density at radius 3 is 1.93 bits per heavy atom. The van der Waals surface area contributed by atoms with Crippen LogP contribution in [0.3, 0.4) is 0 Å². The molecule has 1 fully saturated rings. The molecule has 0 aliphatic carbocycles. The van der Waals surface area contributed by atoms with E-state index in [4.69, 9.17) is 0 Å². The van der Waals surface area contributed by atoms with Crippen LogP contribution in [0.1, 0.15) is 22.7 Å². The first kappa shape index (κ1) is 17.7. The minimum atomic E-state index is -0.661. The van der Waals surface area contributed by atoms with Gasteiger partial charge in [-0.05, 0) is 11.1 Å². The van der Waals surface area contributed by atoms with Gasteiger partial charge in [-0.25, -0.2) is 0 Å². The molecule has 4 rings (SSSR count). The zero-order valence-electron chi connectivity index (χ0n) is 15.2. The van der Waals surface area contributed by atoms with Crippen LogP contribution in [0.4, 0.5) is 0 Å². The van der Waals surface area contributed by atoms with Gasteiger partial charge in [0.25, 0.3) is 11.7 Å². The first-order chi connectivity index (χ1) is 13.7. The van der Waals surface area contributed by atoms with Crippen molar-refractivity contribution in [2.75, 3.05) is 0 Å². The van der Waals surface area contributed by atoms with Crippen molar-refractivity contribution < 1.29 is 14.7 Å². The second-order valence-electron chi connectivity index (χ2n) is 6.69. The fourth-order valence-electron chi connectivity index (χ4n) is 3.56. The topological polar surface area (TPSA) is 57.6 Å². The second kappa shape index (κ2) is 7.53. The van der Waals surface area contributed by atoms with Gasteiger partial charge in [0.05, 0.1) is 11.6 Å². The molecule has 3 aromatic carbocycles. The molecule has 1 N–H and O–H groups in total. The Balaban J connectivity index is 1.85. The molecule has 1 heterocycles. The number of ketones is 1. The number of hydrogen-bond donors (Lipinski definition) is 1. The summed E-state index contributed by atoms with van der Waals surface area (Å²) in [4.78, 5) is 27.3. The van der Waals surface area contributed by atoms with Crippen LogP contribution in [0.15, 0.2) is 96.6 Å². The fourth-order valence-corrected chi connectivity index (χ4v) is 3.56. The quantitative estimate of drug-likeness (QED) is 0.424. The summed E-state index contributed by atoms with van der Waals surface area (Å²) in [5, 5.41) is 10.9. The minimum Gasteiger partial charge on any atom is -0.507 e. The summed E-state index contributed by atoms with van der Waals surface area (Å²) in [7, 11) is 0. The van der Waals surface area contributed by atoms with E-state index in [2.05, 4.69) is 0 Å². The lowest BCUT2D eigenvalue weighted by Gasteiger charge is -2.25. The average molecular weight is 369 g/mol. The molecule has 4 heteroatoms. The zero-order chi connectivity index (χ0) is 19.5. The van der Waals surface area contributed by atoms with E-state index >= 15 is 0 Å². The van der Waals surface area contributed by atoms with Crippen molar-refractivity contribution in [3.8, 4) is 0 Å². The number of carbonyl (C=O) groups is 2. The number of carbonyl (C=O) groups excluding carboxylic acids is 2. The molecule has 0 spiro atoms. The van der Waals surface area contributed by atoms with E-state index in [0.717, 1.165) is 11.1 Å². The van der Waals surface area contributed by atoms with E-state index in [0.29, 0.717) is 5.56 Å². The lowest BCUT2D eigenvalue weighted by molar-refractivity contribution is -0.140. The van der Waals surface area contributed by atoms with Crippen LogP contribution in [0, 0.1) is 0 Å². The first-order valence-corrected chi connectivity index (χ1v) is 9.09. The fraction of sp³-hybridized carbons (Fsp3) is 0.0833. The molecule has 1 saturated heterocycles. The van der Waals surface area contributed by atoms with Gasteiger partial charge in [-0.15, -0.1) is 0 Å². The van der Waals surface area contributed by atoms with Crippen LogP contribution in [0.5, 0.6) is 0 Å². The molecule has 0 bridgehead atoms. The van der Waals surface area contributed by atoms with Gasteiger partial charge < -0.3 is 10.0 Å². The molecule has 1 amide bonds. The smallest absolute Gasteiger partial charge is 0.295 e. The number of Topliss-reactive ketones (excluding diaryl/α,β-unsaturated/α-hetero) is 1. The Morgan fingerprint density at radius 2 is 1.32 bits per heavy atom. The van der Waals surface area contributed by atoms with Crippen LogP contribution < -0.4 is 0 Å². The number of likely N-dealkylation sites (tertiary alicyclic amines) is 1. The van der Waals surface area contributed by atoms with Gasteiger partial charge in [0.15, 0.2) is 0 Å². The predicted molar refractivity (Wildman–Crippen MR) is 107 cm³/mol. The highest BCUT2D eigenvalue weighted by Gasteiger charge is 2.45. The zero-order valence-corrected chi connectivity index (χ0v) is 15.2. The molecule has 3 aromatic rings. The third-order valence-corrected chi connectivity index (χ3v) is 4.90. The maximum Gasteiger partial charge on any atom is 0.295 e. The summed E-state index contributed by atoms with van der Waals surface area (Å²) in [6, 6.07) is 27.1. The largest absolute Gasteiger partial charge is 0.507 e. The Kier molecular flexibility index (Phi) is 4.77. The summed E-state index contributed by atoms with van der Waals surface area (Å²) in [6.07, 6.45) is 0. The van der Waals surface area contributed by atoms with Gasteiger partial charge in [-0.1, -0.05) is 91.0 Å². The van der Waals surface area contributed by atoms with Crippen LogP contribution in [-0.4, -0.2) is 21.7 Å². The van der Waals surface area contributed by atoms with Crippen LogP contribution in [-0.2, 0) is 16.1 Å². The molecule has 1 aliphatic rings. The van der Waals surface area contributed by atoms with Crippen molar-refractivity contribution >= 4 is 17.4 Å². The van der Waals surface area contributed by atoms with Crippen molar-refractivity contribution in [2.24, 2.45) is 0 Å². The minimum absolute atomic E-state index is 0.123. The average Bonchev–Trinajstić information content (AvgIpc) is 3.00. The summed E-state index contributed by atoms with van der Waals surface area (Å²) in [5.74, 6) is -1.41. The normalized spacial score (nSPS) is 18.4. The van der Waals surface area contributed by atoms with Crippen LogP contribution in [0.2, 0.25) is 0 Å². The Labute approximate surface area is 163 Å². The van der Waals surface area contributed by atoms with Gasteiger partial charge >= 0.3 is 0 Å². The molecule has 28 heavy (non-hydrogen) atoms. The first-order valence-electron chi connectivity index (χ1n) is 9.09. The third-order valence-electron chi connectivity index (χ3n) is 4.90. The molecule has 1 atom stereocenters. The third kappa shape index (κ3) is 3.21. The van der Waals surface area contributed by atoms with E-state index in [1.54, 1.807) is 24.3 Å². The van der Waals surface area contributed by atoms with Crippen LogP contribution >= 0.6 is 0 Å². The Morgan fingerprint density at radius 1 is 0.786 bits per heavy atom. The molecule has 0 unspecified atom stereocenters. The number of rotatable bonds is 4. The number of hydrogen-bond acceptors (Lipinski definition) is 3. The van der Waals surface area contributed by atoms with Crippen molar-refractivity contribution in [1.29, 1.82) is 0 Å². The lowest BCUT2D eigenvalue weighted by Crippen LogP contribution is -2.29. The second-order valence-corrected chi connectivity index (χ2v) is 6.69. The van der Waals surface area contributed by atoms with Gasteiger partial charge in [-0.2, -0.15) is 0 Å². The standard InChI is InChI=1S/C24H19NO3/c26-22(19-14-8-3-9-15-19)20-21(18-12-6-2-7-13-18)25(24(28)23(20)27)16-17-10-4-1-5-11-17/h1-15,21,26H,16H2/b22-20+/t21-/m0/s1. The van der Waals surface area contributed by atoms with Crippen LogP contribution in [0.25, 0.3) is 5.76 Å². The summed E-state index contributed by atoms with van der Waals surface area (Å²) >= 11 is 0. The number of nitrogens with zero attached hydrogens (tertiary/aromatic N) is 1. The molecule has 0 saturated carbocycles. The number of aliphatic hydroxyl groups is 1. The number of aliphatic hydroxyl groups excluding tert-OH is 1. The molecule has 0 radical (unpaired) electrons. The predicted octanol–water partition coefficient (Wildman–Crippen LogP) is 4.31. The summed E-state index contributed by atoms with van der Waals surface area (Å²) in [6.45, 7) is 0.288. The van der Waals surface area contributed by atoms with Gasteiger partial charge in [0.1, 0.15) is 5.76 Å².